The van der Waals surface area contributed by atoms with Crippen molar-refractivity contribution in [2.24, 2.45) is 11.7 Å². The summed E-state index contributed by atoms with van der Waals surface area (Å²) in [5, 5.41) is -0.872. The van der Waals surface area contributed by atoms with Gasteiger partial charge < -0.3 is 10.6 Å². The summed E-state index contributed by atoms with van der Waals surface area (Å²) in [5.41, 5.74) is 5.54. The SMILES string of the molecule is C=C[C@@H]1C[C@]1(N)P(=O)(O)C(C)C. The van der Waals surface area contributed by atoms with Crippen LogP contribution >= 0.6 is 7.37 Å². The van der Waals surface area contributed by atoms with Crippen molar-refractivity contribution < 1.29 is 9.46 Å². The van der Waals surface area contributed by atoms with E-state index in [4.69, 9.17) is 5.73 Å². The van der Waals surface area contributed by atoms with E-state index in [0.29, 0.717) is 6.42 Å². The highest BCUT2D eigenvalue weighted by Gasteiger charge is 2.62. The Hall–Kier alpha value is -0.110. The molecule has 1 aliphatic rings. The lowest BCUT2D eigenvalue weighted by Crippen LogP contribution is -2.28. The van der Waals surface area contributed by atoms with Gasteiger partial charge in [0.1, 0.15) is 5.28 Å². The molecule has 4 heteroatoms. The maximum atomic E-state index is 11.7. The normalized spacial score (nSPS) is 39.2. The van der Waals surface area contributed by atoms with Crippen LogP contribution in [0.1, 0.15) is 20.3 Å². The molecule has 1 aliphatic carbocycles. The zero-order valence-corrected chi connectivity index (χ0v) is 8.42. The molecule has 0 bridgehead atoms. The van der Waals surface area contributed by atoms with Crippen molar-refractivity contribution in [1.29, 1.82) is 0 Å². The van der Waals surface area contributed by atoms with Gasteiger partial charge in [-0.3, -0.25) is 4.57 Å². The van der Waals surface area contributed by atoms with Crippen molar-refractivity contribution >= 4 is 7.37 Å². The number of hydrogen-bond donors (Lipinski definition) is 2. The van der Waals surface area contributed by atoms with Gasteiger partial charge in [-0.15, -0.1) is 6.58 Å². The Morgan fingerprint density at radius 3 is 2.58 bits per heavy atom. The molecule has 0 aromatic heterocycles. The van der Waals surface area contributed by atoms with Crippen molar-refractivity contribution in [1.82, 2.24) is 0 Å². The second kappa shape index (κ2) is 2.69. The average Bonchev–Trinajstić information content (AvgIpc) is 2.63. The van der Waals surface area contributed by atoms with Crippen molar-refractivity contribution in [3.05, 3.63) is 12.7 Å². The third-order valence-corrected chi connectivity index (χ3v) is 5.72. The third kappa shape index (κ3) is 1.17. The fraction of sp³-hybridized carbons (Fsp3) is 0.750. The molecule has 0 saturated heterocycles. The largest absolute Gasteiger partial charge is 0.343 e. The first-order valence-electron chi connectivity index (χ1n) is 4.10. The molecule has 1 unspecified atom stereocenters. The van der Waals surface area contributed by atoms with Gasteiger partial charge in [0.05, 0.1) is 0 Å². The Bertz CT molecular complexity index is 251. The van der Waals surface area contributed by atoms with E-state index in [2.05, 4.69) is 6.58 Å². The summed E-state index contributed by atoms with van der Waals surface area (Å²) in [4.78, 5) is 9.68. The minimum Gasteiger partial charge on any atom is -0.343 e. The van der Waals surface area contributed by atoms with E-state index in [-0.39, 0.29) is 11.6 Å². The topological polar surface area (TPSA) is 63.3 Å². The van der Waals surface area contributed by atoms with Crippen LogP contribution in [0.2, 0.25) is 0 Å². The molecule has 0 heterocycles. The highest BCUT2D eigenvalue weighted by Crippen LogP contribution is 2.69. The lowest BCUT2D eigenvalue weighted by molar-refractivity contribution is 0.447. The number of hydrogen-bond acceptors (Lipinski definition) is 2. The predicted octanol–water partition coefficient (Wildman–Crippen LogP) is 1.53. The average molecular weight is 189 g/mol. The fourth-order valence-corrected chi connectivity index (χ4v) is 3.43. The summed E-state index contributed by atoms with van der Waals surface area (Å²) in [6.45, 7) is 7.04. The monoisotopic (exact) mass is 189 g/mol. The van der Waals surface area contributed by atoms with Crippen molar-refractivity contribution in [3.63, 3.8) is 0 Å². The van der Waals surface area contributed by atoms with E-state index in [1.807, 2.05) is 0 Å². The maximum absolute atomic E-state index is 11.7. The van der Waals surface area contributed by atoms with Crippen LogP contribution < -0.4 is 5.73 Å². The Balaban J connectivity index is 2.85. The summed E-state index contributed by atoms with van der Waals surface area (Å²) in [7, 11) is -3.20. The van der Waals surface area contributed by atoms with Gasteiger partial charge in [0, 0.05) is 11.6 Å². The minimum absolute atomic E-state index is 0.0238. The molecule has 1 saturated carbocycles. The fourth-order valence-electron chi connectivity index (χ4n) is 1.43. The quantitative estimate of drug-likeness (QED) is 0.522. The van der Waals surface area contributed by atoms with Gasteiger partial charge in [-0.1, -0.05) is 19.9 Å². The molecule has 0 aliphatic heterocycles. The Kier molecular flexibility index (Phi) is 2.24. The standard InChI is InChI=1S/C8H16NO2P/c1-4-7-5-8(7,9)12(10,11)6(2)3/h4,6-7H,1,5,9H2,2-3H3,(H,10,11)/t7-,8+/m1/s1. The second-order valence-electron chi connectivity index (χ2n) is 3.75. The molecule has 0 aromatic rings. The molecule has 12 heavy (non-hydrogen) atoms. The maximum Gasteiger partial charge on any atom is 0.222 e. The van der Waals surface area contributed by atoms with E-state index in [1.165, 1.54) is 0 Å². The zero-order chi connectivity index (χ0) is 9.57. The molecular weight excluding hydrogens is 173 g/mol. The van der Waals surface area contributed by atoms with Gasteiger partial charge in [0.25, 0.3) is 0 Å². The van der Waals surface area contributed by atoms with Gasteiger partial charge in [0.15, 0.2) is 0 Å². The van der Waals surface area contributed by atoms with E-state index in [0.717, 1.165) is 0 Å². The predicted molar refractivity (Wildman–Crippen MR) is 50.2 cm³/mol. The molecule has 70 valence electrons. The van der Waals surface area contributed by atoms with E-state index in [1.54, 1.807) is 19.9 Å². The van der Waals surface area contributed by atoms with Crippen LogP contribution in [0, 0.1) is 5.92 Å². The van der Waals surface area contributed by atoms with Crippen molar-refractivity contribution in [2.75, 3.05) is 0 Å². The zero-order valence-electron chi connectivity index (χ0n) is 7.53. The minimum atomic E-state index is -3.20. The highest BCUT2D eigenvalue weighted by molar-refractivity contribution is 7.60. The van der Waals surface area contributed by atoms with Gasteiger partial charge in [0.2, 0.25) is 7.37 Å². The molecule has 0 amide bonds. The third-order valence-electron chi connectivity index (χ3n) is 2.61. The molecule has 1 rings (SSSR count). The van der Waals surface area contributed by atoms with Crippen molar-refractivity contribution in [3.8, 4) is 0 Å². The first kappa shape index (κ1) is 9.97. The first-order valence-corrected chi connectivity index (χ1v) is 5.83. The summed E-state index contributed by atoms with van der Waals surface area (Å²) >= 11 is 0. The van der Waals surface area contributed by atoms with E-state index < -0.39 is 12.6 Å². The molecule has 0 radical (unpaired) electrons. The highest BCUT2D eigenvalue weighted by atomic mass is 31.2. The smallest absolute Gasteiger partial charge is 0.222 e. The summed E-state index contributed by atoms with van der Waals surface area (Å²) < 4.78 is 11.7. The van der Waals surface area contributed by atoms with Crippen LogP contribution in [-0.2, 0) is 4.57 Å². The lowest BCUT2D eigenvalue weighted by atomic mass is 10.4. The van der Waals surface area contributed by atoms with Gasteiger partial charge >= 0.3 is 0 Å². The molecule has 3 nitrogen and oxygen atoms in total. The summed E-state index contributed by atoms with van der Waals surface area (Å²) in [6.07, 6.45) is 2.27. The Morgan fingerprint density at radius 1 is 1.83 bits per heavy atom. The van der Waals surface area contributed by atoms with Crippen LogP contribution in [0.3, 0.4) is 0 Å². The number of nitrogens with two attached hydrogens (primary N) is 1. The summed E-state index contributed by atoms with van der Waals surface area (Å²) in [6, 6.07) is 0. The summed E-state index contributed by atoms with van der Waals surface area (Å²) in [5.74, 6) is 0.0238. The molecule has 3 atom stereocenters. The Morgan fingerprint density at radius 2 is 2.33 bits per heavy atom. The van der Waals surface area contributed by atoms with Gasteiger partial charge in [-0.2, -0.15) is 0 Å². The molecule has 1 fully saturated rings. The molecule has 0 aromatic carbocycles. The van der Waals surface area contributed by atoms with E-state index >= 15 is 0 Å². The van der Waals surface area contributed by atoms with Crippen LogP contribution in [0.25, 0.3) is 0 Å². The van der Waals surface area contributed by atoms with Crippen molar-refractivity contribution in [2.45, 2.75) is 31.2 Å². The van der Waals surface area contributed by atoms with Crippen LogP contribution in [0.15, 0.2) is 12.7 Å². The first-order chi connectivity index (χ1) is 5.36. The molecule has 0 spiro atoms. The second-order valence-corrected chi connectivity index (χ2v) is 6.87. The van der Waals surface area contributed by atoms with Crippen LogP contribution in [0.5, 0.6) is 0 Å². The molecular formula is C8H16NO2P. The van der Waals surface area contributed by atoms with Crippen LogP contribution in [0.4, 0.5) is 0 Å². The molecule has 3 N–H and O–H groups in total. The number of rotatable bonds is 3. The van der Waals surface area contributed by atoms with Gasteiger partial charge in [-0.25, -0.2) is 0 Å². The van der Waals surface area contributed by atoms with Gasteiger partial charge in [-0.05, 0) is 6.42 Å². The Labute approximate surface area is 73.1 Å². The van der Waals surface area contributed by atoms with E-state index in [9.17, 15) is 9.46 Å². The van der Waals surface area contributed by atoms with Crippen LogP contribution in [-0.4, -0.2) is 15.8 Å². The lowest BCUT2D eigenvalue weighted by Gasteiger charge is -2.22.